The number of hydrogen-bond donors (Lipinski definition) is 8. The third-order valence-corrected chi connectivity index (χ3v) is 9.25. The molecule has 0 saturated carbocycles. The fraction of sp³-hybridized carbons (Fsp3) is 0.676. The van der Waals surface area contributed by atoms with Crippen molar-refractivity contribution in [1.82, 2.24) is 26.2 Å². The smallest absolute Gasteiger partial charge is 0.326 e. The molecule has 294 valence electrons. The predicted octanol–water partition coefficient (Wildman–Crippen LogP) is 1.40. The van der Waals surface area contributed by atoms with Crippen LogP contribution in [0.3, 0.4) is 0 Å². The van der Waals surface area contributed by atoms with Crippen LogP contribution in [0, 0.1) is 17.8 Å². The summed E-state index contributed by atoms with van der Waals surface area (Å²) in [5.74, 6) is -4.77. The predicted molar refractivity (Wildman–Crippen MR) is 199 cm³/mol. The molecule has 1 aromatic rings. The van der Waals surface area contributed by atoms with Gasteiger partial charge in [0.25, 0.3) is 0 Å². The molecule has 15 nitrogen and oxygen atoms in total. The normalized spacial score (nSPS) is 15.4. The van der Waals surface area contributed by atoms with Crippen LogP contribution >= 0.6 is 0 Å². The quantitative estimate of drug-likeness (QED) is 0.0752. The fourth-order valence-electron chi connectivity index (χ4n) is 5.52. The van der Waals surface area contributed by atoms with Gasteiger partial charge in [0.05, 0.1) is 6.04 Å². The van der Waals surface area contributed by atoms with E-state index in [1.807, 2.05) is 20.8 Å². The van der Waals surface area contributed by atoms with Crippen LogP contribution in [-0.2, 0) is 35.2 Å². The molecule has 1 rings (SSSR count). The van der Waals surface area contributed by atoms with Crippen molar-refractivity contribution in [2.45, 2.75) is 130 Å². The number of aromatic hydroxyl groups is 1. The number of nitrogens with two attached hydrogens (primary N) is 2. The van der Waals surface area contributed by atoms with E-state index in [0.29, 0.717) is 38.6 Å². The molecule has 0 fully saturated rings. The maximum atomic E-state index is 13.9. The number of amides is 5. The number of carbonyl (C=O) groups excluding carboxylic acids is 5. The molecule has 15 heteroatoms. The number of nitrogens with one attached hydrogen (secondary N) is 4. The Morgan fingerprint density at radius 2 is 1.31 bits per heavy atom. The Bertz CT molecular complexity index is 1320. The average Bonchev–Trinajstić information content (AvgIpc) is 3.09. The highest BCUT2D eigenvalue weighted by Gasteiger charge is 2.35. The van der Waals surface area contributed by atoms with Crippen molar-refractivity contribution in [3.05, 3.63) is 29.8 Å². The molecule has 0 aliphatic rings. The summed E-state index contributed by atoms with van der Waals surface area (Å²) in [4.78, 5) is 80.5. The van der Waals surface area contributed by atoms with Gasteiger partial charge < -0.3 is 47.8 Å². The molecule has 7 atom stereocenters. The number of phenols is 1. The van der Waals surface area contributed by atoms with E-state index in [1.54, 1.807) is 32.9 Å². The standard InChI is InChI=1S/C37H63N7O8/c1-9-23(6)31(37(51)52)43-33(47)28(12-10-11-19-38)41-35(49)30(22(4)5)42-34(48)29(18-15-25-13-16-26(45)17-14-25)40-32(46)24(7)44(8)36(50)27(39)20-21(2)3/h13-14,16-17,21-24,27-31,45H,9-12,15,18-20,38-39H2,1-8H3,(H,40,46)(H,41,49)(H,42,48)(H,43,47)(H,51,52)/t23-,24-,27-,28+,29-,30-,31-/m0/s1. The summed E-state index contributed by atoms with van der Waals surface area (Å²) in [6, 6.07) is 0.0899. The number of likely N-dealkylation sites (N-methyl/N-ethyl adjacent to an activating group) is 1. The Morgan fingerprint density at radius 3 is 1.81 bits per heavy atom. The molecule has 10 N–H and O–H groups in total. The number of aryl methyl sites for hydroxylation is 1. The molecule has 0 heterocycles. The number of unbranched alkanes of at least 4 members (excludes halogenated alkanes) is 1. The molecule has 5 amide bonds. The van der Waals surface area contributed by atoms with Crippen LogP contribution in [0.4, 0.5) is 0 Å². The largest absolute Gasteiger partial charge is 0.508 e. The number of carboxylic acid groups (broad SMARTS) is 1. The van der Waals surface area contributed by atoms with Crippen molar-refractivity contribution < 1.29 is 39.0 Å². The van der Waals surface area contributed by atoms with Gasteiger partial charge in [-0.25, -0.2) is 4.79 Å². The number of carbonyl (C=O) groups is 6. The molecule has 52 heavy (non-hydrogen) atoms. The minimum Gasteiger partial charge on any atom is -0.508 e. The number of carboxylic acids is 1. The van der Waals surface area contributed by atoms with E-state index in [9.17, 15) is 39.0 Å². The number of nitrogens with zero attached hydrogens (tertiary/aromatic N) is 1. The van der Waals surface area contributed by atoms with Gasteiger partial charge in [0, 0.05) is 7.05 Å². The second-order valence-electron chi connectivity index (χ2n) is 14.4. The number of hydrogen-bond acceptors (Lipinski definition) is 9. The minimum absolute atomic E-state index is 0.0720. The zero-order valence-electron chi connectivity index (χ0n) is 32.1. The van der Waals surface area contributed by atoms with E-state index in [2.05, 4.69) is 21.3 Å². The molecular formula is C37H63N7O8. The maximum absolute atomic E-state index is 13.9. The summed E-state index contributed by atoms with van der Waals surface area (Å²) in [5, 5.41) is 30.2. The number of aliphatic carboxylic acids is 1. The highest BCUT2D eigenvalue weighted by Crippen LogP contribution is 2.15. The minimum atomic E-state index is -1.19. The van der Waals surface area contributed by atoms with E-state index >= 15 is 0 Å². The molecule has 0 saturated heterocycles. The van der Waals surface area contributed by atoms with Gasteiger partial charge in [-0.3, -0.25) is 24.0 Å². The van der Waals surface area contributed by atoms with Gasteiger partial charge >= 0.3 is 5.97 Å². The average molecular weight is 734 g/mol. The van der Waals surface area contributed by atoms with Gasteiger partial charge in [0.15, 0.2) is 0 Å². The van der Waals surface area contributed by atoms with Crippen LogP contribution in [0.1, 0.15) is 92.6 Å². The number of phenolic OH excluding ortho intramolecular Hbond substituents is 1. The molecule has 0 aliphatic heterocycles. The fourth-order valence-corrected chi connectivity index (χ4v) is 5.52. The SMILES string of the molecule is CC[C@H](C)[C@H](NC(=O)[C@@H](CCCCN)NC(=O)[C@@H](NC(=O)[C@H](CCc1ccc(O)cc1)NC(=O)[C@H](C)N(C)C(=O)[C@@H](N)CC(C)C)C(C)C)C(=O)O. The maximum Gasteiger partial charge on any atom is 0.326 e. The van der Waals surface area contributed by atoms with Crippen LogP contribution in [0.25, 0.3) is 0 Å². The van der Waals surface area contributed by atoms with E-state index in [0.717, 1.165) is 5.56 Å². The number of benzene rings is 1. The van der Waals surface area contributed by atoms with Crippen LogP contribution in [0.5, 0.6) is 5.75 Å². The molecule has 0 bridgehead atoms. The zero-order chi connectivity index (χ0) is 39.7. The molecule has 0 radical (unpaired) electrons. The first-order chi connectivity index (χ1) is 24.3. The van der Waals surface area contributed by atoms with E-state index < -0.39 is 77.7 Å². The Morgan fingerprint density at radius 1 is 0.769 bits per heavy atom. The van der Waals surface area contributed by atoms with Crippen LogP contribution in [-0.4, -0.2) is 100 Å². The number of rotatable bonds is 23. The third-order valence-electron chi connectivity index (χ3n) is 9.25. The molecule has 0 spiro atoms. The zero-order valence-corrected chi connectivity index (χ0v) is 32.1. The van der Waals surface area contributed by atoms with Gasteiger partial charge in [0.1, 0.15) is 36.0 Å². The second kappa shape index (κ2) is 22.6. The lowest BCUT2D eigenvalue weighted by Gasteiger charge is -2.30. The van der Waals surface area contributed by atoms with E-state index in [-0.39, 0.29) is 30.4 Å². The summed E-state index contributed by atoms with van der Waals surface area (Å²) in [6.45, 7) is 12.7. The first-order valence-electron chi connectivity index (χ1n) is 18.3. The highest BCUT2D eigenvalue weighted by molar-refractivity contribution is 5.96. The Balaban J connectivity index is 3.29. The molecule has 0 aromatic heterocycles. The van der Waals surface area contributed by atoms with Crippen molar-refractivity contribution in [2.24, 2.45) is 29.2 Å². The molecule has 0 aliphatic carbocycles. The van der Waals surface area contributed by atoms with Gasteiger partial charge in [0.2, 0.25) is 29.5 Å². The molecule has 0 unspecified atom stereocenters. The summed E-state index contributed by atoms with van der Waals surface area (Å²) in [5.41, 5.74) is 12.5. The van der Waals surface area contributed by atoms with Crippen molar-refractivity contribution in [3.63, 3.8) is 0 Å². The van der Waals surface area contributed by atoms with E-state index in [4.69, 9.17) is 11.5 Å². The lowest BCUT2D eigenvalue weighted by atomic mass is 9.97. The van der Waals surface area contributed by atoms with Crippen LogP contribution in [0.15, 0.2) is 24.3 Å². The summed E-state index contributed by atoms with van der Waals surface area (Å²) >= 11 is 0. The van der Waals surface area contributed by atoms with Crippen molar-refractivity contribution in [3.8, 4) is 5.75 Å². The van der Waals surface area contributed by atoms with Crippen LogP contribution < -0.4 is 32.7 Å². The van der Waals surface area contributed by atoms with Crippen molar-refractivity contribution >= 4 is 35.5 Å². The lowest BCUT2D eigenvalue weighted by Crippen LogP contribution is -2.60. The molecular weight excluding hydrogens is 670 g/mol. The molecule has 1 aromatic carbocycles. The lowest BCUT2D eigenvalue weighted by molar-refractivity contribution is -0.144. The summed E-state index contributed by atoms with van der Waals surface area (Å²) in [6.07, 6.45) is 2.62. The summed E-state index contributed by atoms with van der Waals surface area (Å²) < 4.78 is 0. The van der Waals surface area contributed by atoms with Gasteiger partial charge in [-0.05, 0) is 87.4 Å². The van der Waals surface area contributed by atoms with Crippen molar-refractivity contribution in [1.29, 1.82) is 0 Å². The topological polar surface area (TPSA) is 246 Å². The first-order valence-corrected chi connectivity index (χ1v) is 18.3. The van der Waals surface area contributed by atoms with Crippen LogP contribution in [0.2, 0.25) is 0 Å². The first kappa shape index (κ1) is 45.8. The second-order valence-corrected chi connectivity index (χ2v) is 14.4. The van der Waals surface area contributed by atoms with Gasteiger partial charge in [-0.2, -0.15) is 0 Å². The monoisotopic (exact) mass is 733 g/mol. The van der Waals surface area contributed by atoms with E-state index in [1.165, 1.54) is 31.0 Å². The van der Waals surface area contributed by atoms with Gasteiger partial charge in [-0.15, -0.1) is 0 Å². The Labute approximate surface area is 308 Å². The Kier molecular flexibility index (Phi) is 19.9. The summed E-state index contributed by atoms with van der Waals surface area (Å²) in [7, 11) is 1.47. The van der Waals surface area contributed by atoms with Gasteiger partial charge in [-0.1, -0.05) is 60.1 Å². The highest BCUT2D eigenvalue weighted by atomic mass is 16.4. The van der Waals surface area contributed by atoms with Crippen molar-refractivity contribution in [2.75, 3.05) is 13.6 Å². The Hall–Kier alpha value is -4.24. The third kappa shape index (κ3) is 15.2.